The number of methoxy groups -OCH3 is 1. The highest BCUT2D eigenvalue weighted by Gasteiger charge is 2.30. The minimum Gasteiger partial charge on any atom is -0.465 e. The Morgan fingerprint density at radius 2 is 1.34 bits per heavy atom. The zero-order valence-electron chi connectivity index (χ0n) is 21.4. The van der Waals surface area contributed by atoms with E-state index in [1.165, 1.54) is 12.0 Å². The molecule has 0 heterocycles. The molecular weight excluding hydrogens is 356 g/mol. The molecular formula is C27H50O2. The first-order valence-corrected chi connectivity index (χ1v) is 11.9. The van der Waals surface area contributed by atoms with Crippen LogP contribution in [0.2, 0.25) is 0 Å². The molecule has 2 nitrogen and oxygen atoms in total. The van der Waals surface area contributed by atoms with Gasteiger partial charge >= 0.3 is 0 Å². The summed E-state index contributed by atoms with van der Waals surface area (Å²) in [6, 6.07) is 8.72. The quantitative estimate of drug-likeness (QED) is 0.342. The van der Waals surface area contributed by atoms with Crippen LogP contribution in [0.1, 0.15) is 113 Å². The molecule has 0 saturated heterocycles. The fourth-order valence-corrected chi connectivity index (χ4v) is 4.10. The van der Waals surface area contributed by atoms with Crippen LogP contribution in [-0.4, -0.2) is 13.4 Å². The second-order valence-electron chi connectivity index (χ2n) is 9.67. The summed E-state index contributed by atoms with van der Waals surface area (Å²) in [5.74, 6) is 2.14. The topological polar surface area (TPSA) is 18.5 Å². The highest BCUT2D eigenvalue weighted by atomic mass is 16.7. The zero-order chi connectivity index (χ0) is 22.7. The van der Waals surface area contributed by atoms with Gasteiger partial charge in [-0.1, -0.05) is 101 Å². The number of ether oxygens (including phenoxy) is 2. The standard InChI is InChI=1S/C25H44O2.C2H6/c1-10-25(11-2,12-3)18-23(26-9)27-21-15-13-20(14-16-21)22(17-19(4)5)24(6,7)8;1-2/h13-16,19,22-23H,10-12,17-18H2,1-9H3;1-2H3. The lowest BCUT2D eigenvalue weighted by molar-refractivity contribution is -0.0848. The first kappa shape index (κ1) is 28.0. The summed E-state index contributed by atoms with van der Waals surface area (Å²) in [6.07, 6.45) is 5.42. The van der Waals surface area contributed by atoms with Crippen molar-refractivity contribution in [2.24, 2.45) is 16.7 Å². The normalized spacial score (nSPS) is 14.2. The van der Waals surface area contributed by atoms with Gasteiger partial charge in [-0.2, -0.15) is 0 Å². The van der Waals surface area contributed by atoms with Gasteiger partial charge in [-0.3, -0.25) is 0 Å². The molecule has 0 fully saturated rings. The second kappa shape index (κ2) is 13.3. The average molecular weight is 407 g/mol. The molecule has 2 unspecified atom stereocenters. The van der Waals surface area contributed by atoms with Crippen molar-refractivity contribution in [3.63, 3.8) is 0 Å². The lowest BCUT2D eigenvalue weighted by atomic mass is 9.72. The van der Waals surface area contributed by atoms with Gasteiger partial charge in [-0.25, -0.2) is 0 Å². The summed E-state index contributed by atoms with van der Waals surface area (Å²) in [4.78, 5) is 0. The van der Waals surface area contributed by atoms with E-state index in [1.807, 2.05) is 13.8 Å². The third-order valence-electron chi connectivity index (χ3n) is 6.42. The summed E-state index contributed by atoms with van der Waals surface area (Å²) in [7, 11) is 1.75. The number of rotatable bonds is 11. The van der Waals surface area contributed by atoms with E-state index in [2.05, 4.69) is 79.7 Å². The molecule has 170 valence electrons. The van der Waals surface area contributed by atoms with Gasteiger partial charge in [0.05, 0.1) is 0 Å². The van der Waals surface area contributed by atoms with Gasteiger partial charge in [-0.05, 0) is 46.8 Å². The Morgan fingerprint density at radius 3 is 1.69 bits per heavy atom. The van der Waals surface area contributed by atoms with Gasteiger partial charge < -0.3 is 9.47 Å². The molecule has 0 spiro atoms. The Balaban J connectivity index is 0.00000379. The minimum atomic E-state index is -0.190. The summed E-state index contributed by atoms with van der Waals surface area (Å²) in [5.41, 5.74) is 1.96. The fraction of sp³-hybridized carbons (Fsp3) is 0.778. The van der Waals surface area contributed by atoms with E-state index in [1.54, 1.807) is 7.11 Å². The molecule has 1 aromatic rings. The highest BCUT2D eigenvalue weighted by molar-refractivity contribution is 5.30. The second-order valence-corrected chi connectivity index (χ2v) is 9.67. The van der Waals surface area contributed by atoms with Crippen molar-refractivity contribution in [1.82, 2.24) is 0 Å². The smallest absolute Gasteiger partial charge is 0.200 e. The highest BCUT2D eigenvalue weighted by Crippen LogP contribution is 2.40. The van der Waals surface area contributed by atoms with Crippen LogP contribution in [0.25, 0.3) is 0 Å². The molecule has 0 saturated carbocycles. The van der Waals surface area contributed by atoms with Crippen molar-refractivity contribution >= 4 is 0 Å². The lowest BCUT2D eigenvalue weighted by Crippen LogP contribution is -2.30. The molecule has 0 aliphatic carbocycles. The fourth-order valence-electron chi connectivity index (χ4n) is 4.10. The van der Waals surface area contributed by atoms with Crippen molar-refractivity contribution in [1.29, 1.82) is 0 Å². The minimum absolute atomic E-state index is 0.190. The van der Waals surface area contributed by atoms with E-state index >= 15 is 0 Å². The molecule has 2 heteroatoms. The van der Waals surface area contributed by atoms with Gasteiger partial charge in [-0.15, -0.1) is 0 Å². The van der Waals surface area contributed by atoms with Crippen LogP contribution < -0.4 is 4.74 Å². The summed E-state index contributed by atoms with van der Waals surface area (Å²) >= 11 is 0. The molecule has 2 atom stereocenters. The maximum absolute atomic E-state index is 6.20. The Bertz CT molecular complexity index is 512. The van der Waals surface area contributed by atoms with E-state index in [0.717, 1.165) is 31.4 Å². The van der Waals surface area contributed by atoms with Crippen LogP contribution in [0.4, 0.5) is 0 Å². The predicted molar refractivity (Wildman–Crippen MR) is 129 cm³/mol. The SMILES string of the molecule is CC.CCC(CC)(CC)CC(OC)Oc1ccc(C(CC(C)C)C(C)(C)C)cc1. The van der Waals surface area contributed by atoms with E-state index in [4.69, 9.17) is 9.47 Å². The van der Waals surface area contributed by atoms with Gasteiger partial charge in [0.15, 0.2) is 6.29 Å². The number of benzene rings is 1. The van der Waals surface area contributed by atoms with Crippen LogP contribution >= 0.6 is 0 Å². The molecule has 29 heavy (non-hydrogen) atoms. The molecule has 0 bridgehead atoms. The third-order valence-corrected chi connectivity index (χ3v) is 6.42. The Kier molecular flexibility index (Phi) is 12.8. The van der Waals surface area contributed by atoms with Crippen LogP contribution in [0, 0.1) is 16.7 Å². The molecule has 0 radical (unpaired) electrons. The van der Waals surface area contributed by atoms with E-state index in [9.17, 15) is 0 Å². The van der Waals surface area contributed by atoms with E-state index < -0.39 is 0 Å². The van der Waals surface area contributed by atoms with Crippen LogP contribution in [-0.2, 0) is 4.74 Å². The first-order valence-electron chi connectivity index (χ1n) is 11.9. The van der Waals surface area contributed by atoms with Gasteiger partial charge in [0.2, 0.25) is 0 Å². The van der Waals surface area contributed by atoms with Crippen molar-refractivity contribution in [3.8, 4) is 5.75 Å². The first-order chi connectivity index (χ1) is 13.6. The van der Waals surface area contributed by atoms with E-state index in [-0.39, 0.29) is 11.7 Å². The van der Waals surface area contributed by atoms with Gasteiger partial charge in [0, 0.05) is 13.5 Å². The Hall–Kier alpha value is -1.02. The monoisotopic (exact) mass is 406 g/mol. The summed E-state index contributed by atoms with van der Waals surface area (Å²) in [6.45, 7) is 22.4. The molecule has 1 rings (SSSR count). The average Bonchev–Trinajstić information content (AvgIpc) is 2.71. The van der Waals surface area contributed by atoms with Crippen LogP contribution in [0.5, 0.6) is 5.75 Å². The van der Waals surface area contributed by atoms with Crippen molar-refractivity contribution < 1.29 is 9.47 Å². The molecule has 0 amide bonds. The Morgan fingerprint density at radius 1 is 0.862 bits per heavy atom. The zero-order valence-corrected chi connectivity index (χ0v) is 21.4. The van der Waals surface area contributed by atoms with Gasteiger partial charge in [0.1, 0.15) is 5.75 Å². The van der Waals surface area contributed by atoms with Crippen LogP contribution in [0.15, 0.2) is 24.3 Å². The number of hydrogen-bond donors (Lipinski definition) is 0. The summed E-state index contributed by atoms with van der Waals surface area (Å²) < 4.78 is 11.9. The largest absolute Gasteiger partial charge is 0.465 e. The van der Waals surface area contributed by atoms with E-state index in [0.29, 0.717) is 17.3 Å². The Labute approximate surface area is 182 Å². The maximum atomic E-state index is 6.20. The maximum Gasteiger partial charge on any atom is 0.200 e. The van der Waals surface area contributed by atoms with Crippen molar-refractivity contribution in [2.75, 3.05) is 7.11 Å². The number of hydrogen-bond acceptors (Lipinski definition) is 2. The van der Waals surface area contributed by atoms with Crippen molar-refractivity contribution in [2.45, 2.75) is 114 Å². The van der Waals surface area contributed by atoms with Gasteiger partial charge in [0.25, 0.3) is 0 Å². The molecule has 1 aromatic carbocycles. The van der Waals surface area contributed by atoms with Crippen molar-refractivity contribution in [3.05, 3.63) is 29.8 Å². The summed E-state index contributed by atoms with van der Waals surface area (Å²) in [5, 5.41) is 0. The molecule has 0 aliphatic rings. The molecule has 0 aliphatic heterocycles. The lowest BCUT2D eigenvalue weighted by Gasteiger charge is -2.34. The predicted octanol–water partition coefficient (Wildman–Crippen LogP) is 8.85. The molecule has 0 aromatic heterocycles. The molecule has 0 N–H and O–H groups in total. The van der Waals surface area contributed by atoms with Crippen LogP contribution in [0.3, 0.4) is 0 Å². The third kappa shape index (κ3) is 9.11.